The lowest BCUT2D eigenvalue weighted by atomic mass is 10.0. The van der Waals surface area contributed by atoms with Gasteiger partial charge in [-0.2, -0.15) is 10.2 Å². The molecule has 0 saturated carbocycles. The van der Waals surface area contributed by atoms with E-state index in [0.29, 0.717) is 15.6 Å². The minimum Gasteiger partial charge on any atom is -0.394 e. The van der Waals surface area contributed by atoms with Crippen LogP contribution >= 0.6 is 15.9 Å². The molecule has 0 fully saturated rings. The highest BCUT2D eigenvalue weighted by atomic mass is 79.9. The average molecular weight is 545 g/mol. The summed E-state index contributed by atoms with van der Waals surface area (Å²) < 4.78 is 17.6. The van der Waals surface area contributed by atoms with Crippen molar-refractivity contribution < 1.29 is 9.50 Å². The topological polar surface area (TPSA) is 101 Å². The van der Waals surface area contributed by atoms with Gasteiger partial charge in [-0.15, -0.1) is 0 Å². The highest BCUT2D eigenvalue weighted by Gasteiger charge is 2.17. The number of fused-ring (bicyclic) bond motifs is 2. The molecule has 8 nitrogen and oxygen atoms in total. The van der Waals surface area contributed by atoms with Gasteiger partial charge in [-0.25, -0.2) is 13.9 Å². The number of rotatable bonds is 5. The van der Waals surface area contributed by atoms with Gasteiger partial charge < -0.3 is 9.67 Å². The fourth-order valence-electron chi connectivity index (χ4n) is 4.42. The van der Waals surface area contributed by atoms with Crippen molar-refractivity contribution in [3.8, 4) is 22.4 Å². The minimum absolute atomic E-state index is 0.309. The second kappa shape index (κ2) is 8.81. The number of halogens is 2. The largest absolute Gasteiger partial charge is 0.394 e. The lowest BCUT2D eigenvalue weighted by molar-refractivity contribution is 0.246. The highest BCUT2D eigenvalue weighted by molar-refractivity contribution is 9.10. The number of aliphatic hydroxyl groups is 1. The molecule has 0 aliphatic rings. The van der Waals surface area contributed by atoms with Gasteiger partial charge in [0.25, 0.3) is 5.56 Å². The van der Waals surface area contributed by atoms with E-state index < -0.39 is 11.9 Å². The Morgan fingerprint density at radius 3 is 2.67 bits per heavy atom. The van der Waals surface area contributed by atoms with Crippen LogP contribution < -0.4 is 5.56 Å². The summed E-state index contributed by atoms with van der Waals surface area (Å²) in [5.74, 6) is -0.449. The van der Waals surface area contributed by atoms with Crippen LogP contribution in [0.4, 0.5) is 4.39 Å². The molecule has 0 radical (unpaired) electrons. The number of benzene rings is 2. The predicted molar refractivity (Wildman–Crippen MR) is 137 cm³/mol. The van der Waals surface area contributed by atoms with Crippen molar-refractivity contribution in [2.24, 2.45) is 0 Å². The number of pyridine rings is 2. The highest BCUT2D eigenvalue weighted by Crippen LogP contribution is 2.30. The van der Waals surface area contributed by atoms with Gasteiger partial charge in [-0.3, -0.25) is 9.89 Å². The summed E-state index contributed by atoms with van der Waals surface area (Å²) in [4.78, 5) is 17.2. The SMILES string of the molecule is O=c1cc(-c2ccc3[nH]nc(-c4ccc5ncnn5c4)c3c2)ccn1[C@H](CO)c1cc(F)cc(Br)c1. The Labute approximate surface area is 211 Å². The van der Waals surface area contributed by atoms with Gasteiger partial charge in [-0.05, 0) is 65.2 Å². The van der Waals surface area contributed by atoms with Crippen LogP contribution in [0.5, 0.6) is 0 Å². The van der Waals surface area contributed by atoms with E-state index in [9.17, 15) is 14.3 Å². The average Bonchev–Trinajstić information content (AvgIpc) is 3.51. The molecule has 6 rings (SSSR count). The second-order valence-electron chi connectivity index (χ2n) is 8.38. The summed E-state index contributed by atoms with van der Waals surface area (Å²) in [5.41, 5.74) is 4.97. The monoisotopic (exact) mass is 544 g/mol. The van der Waals surface area contributed by atoms with E-state index in [1.807, 2.05) is 36.5 Å². The van der Waals surface area contributed by atoms with E-state index in [-0.39, 0.29) is 12.2 Å². The molecule has 0 aliphatic heterocycles. The number of hydrogen-bond acceptors (Lipinski definition) is 5. The second-order valence-corrected chi connectivity index (χ2v) is 9.29. The van der Waals surface area contributed by atoms with Gasteiger partial charge in [0, 0.05) is 33.9 Å². The number of nitrogens with zero attached hydrogens (tertiary/aromatic N) is 5. The van der Waals surface area contributed by atoms with Gasteiger partial charge in [-0.1, -0.05) is 22.0 Å². The summed E-state index contributed by atoms with van der Waals surface area (Å²) in [5, 5.41) is 22.6. The zero-order valence-electron chi connectivity index (χ0n) is 18.6. The fraction of sp³-hybridized carbons (Fsp3) is 0.0769. The van der Waals surface area contributed by atoms with E-state index in [0.717, 1.165) is 33.4 Å². The first-order chi connectivity index (χ1) is 17.5. The number of aliphatic hydroxyl groups excluding tert-OH is 1. The van der Waals surface area contributed by atoms with Crippen molar-refractivity contribution in [2.75, 3.05) is 6.61 Å². The molecular weight excluding hydrogens is 527 g/mol. The van der Waals surface area contributed by atoms with Crippen LogP contribution in [0.3, 0.4) is 0 Å². The van der Waals surface area contributed by atoms with Gasteiger partial charge in [0.15, 0.2) is 5.65 Å². The molecule has 4 aromatic heterocycles. The van der Waals surface area contributed by atoms with Crippen LogP contribution in [0.25, 0.3) is 38.9 Å². The Morgan fingerprint density at radius 2 is 1.86 bits per heavy atom. The quantitative estimate of drug-likeness (QED) is 0.330. The Hall–Kier alpha value is -4.15. The zero-order valence-corrected chi connectivity index (χ0v) is 20.2. The van der Waals surface area contributed by atoms with Crippen molar-refractivity contribution in [2.45, 2.75) is 6.04 Å². The molecule has 0 unspecified atom stereocenters. The van der Waals surface area contributed by atoms with E-state index in [1.54, 1.807) is 22.8 Å². The lowest BCUT2D eigenvalue weighted by Gasteiger charge is -2.19. The minimum atomic E-state index is -0.715. The van der Waals surface area contributed by atoms with Crippen LogP contribution in [-0.2, 0) is 0 Å². The summed E-state index contributed by atoms with van der Waals surface area (Å²) in [6.45, 7) is -0.352. The Kier molecular flexibility index (Phi) is 5.46. The van der Waals surface area contributed by atoms with Crippen LogP contribution in [-0.4, -0.2) is 41.1 Å². The Balaban J connectivity index is 1.39. The number of H-pyrrole nitrogens is 1. The fourth-order valence-corrected chi connectivity index (χ4v) is 4.90. The number of hydrogen-bond donors (Lipinski definition) is 2. The molecular formula is C26H18BrFN6O2. The van der Waals surface area contributed by atoms with Gasteiger partial charge in [0.05, 0.1) is 18.2 Å². The molecule has 2 aromatic carbocycles. The molecule has 2 N–H and O–H groups in total. The normalized spacial score (nSPS) is 12.4. The molecule has 178 valence electrons. The molecule has 0 aliphatic carbocycles. The lowest BCUT2D eigenvalue weighted by Crippen LogP contribution is -2.27. The van der Waals surface area contributed by atoms with Crippen molar-refractivity contribution in [3.05, 3.63) is 106 Å². The summed E-state index contributed by atoms with van der Waals surface area (Å²) in [6, 6.07) is 16.6. The Morgan fingerprint density at radius 1 is 1.03 bits per heavy atom. The molecule has 10 heteroatoms. The molecule has 0 spiro atoms. The molecule has 0 amide bonds. The first-order valence-corrected chi connectivity index (χ1v) is 11.9. The van der Waals surface area contributed by atoms with Crippen LogP contribution in [0.1, 0.15) is 11.6 Å². The van der Waals surface area contributed by atoms with Gasteiger partial charge >= 0.3 is 0 Å². The third-order valence-electron chi connectivity index (χ3n) is 6.17. The molecule has 4 heterocycles. The molecule has 6 aromatic rings. The van der Waals surface area contributed by atoms with E-state index in [1.165, 1.54) is 29.1 Å². The maximum Gasteiger partial charge on any atom is 0.251 e. The predicted octanol–water partition coefficient (Wildman–Crippen LogP) is 4.58. The van der Waals surface area contributed by atoms with E-state index >= 15 is 0 Å². The molecule has 0 saturated heterocycles. The van der Waals surface area contributed by atoms with Crippen LogP contribution in [0, 0.1) is 5.82 Å². The van der Waals surface area contributed by atoms with Crippen molar-refractivity contribution in [3.63, 3.8) is 0 Å². The third-order valence-corrected chi connectivity index (χ3v) is 6.63. The van der Waals surface area contributed by atoms with E-state index in [2.05, 4.69) is 36.2 Å². The first kappa shape index (κ1) is 22.3. The van der Waals surface area contributed by atoms with Gasteiger partial charge in [0.2, 0.25) is 0 Å². The summed E-state index contributed by atoms with van der Waals surface area (Å²) in [6.07, 6.45) is 4.98. The smallest absolute Gasteiger partial charge is 0.251 e. The maximum atomic E-state index is 13.9. The molecule has 36 heavy (non-hydrogen) atoms. The number of aromatic amines is 1. The van der Waals surface area contributed by atoms with Crippen LogP contribution in [0.2, 0.25) is 0 Å². The molecule has 1 atom stereocenters. The summed E-state index contributed by atoms with van der Waals surface area (Å²) in [7, 11) is 0. The van der Waals surface area contributed by atoms with Crippen molar-refractivity contribution >= 4 is 32.5 Å². The number of aromatic nitrogens is 6. The van der Waals surface area contributed by atoms with Crippen molar-refractivity contribution in [1.29, 1.82) is 0 Å². The van der Waals surface area contributed by atoms with Crippen molar-refractivity contribution in [1.82, 2.24) is 29.4 Å². The van der Waals surface area contributed by atoms with Crippen LogP contribution in [0.15, 0.2) is 88.7 Å². The third kappa shape index (κ3) is 3.90. The summed E-state index contributed by atoms with van der Waals surface area (Å²) >= 11 is 3.27. The Bertz CT molecular complexity index is 1790. The first-order valence-electron chi connectivity index (χ1n) is 11.1. The zero-order chi connectivity index (χ0) is 24.8. The standard InChI is InChI=1S/C26H18BrFN6O2/c27-19-7-18(8-20(28)11-19)23(13-35)33-6-5-16(10-25(33)36)15-1-3-22-21(9-15)26(32-31-22)17-2-4-24-29-14-30-34(24)12-17/h1-12,14,23,35H,13H2,(H,31,32)/t23-/m1/s1. The number of nitrogens with one attached hydrogen (secondary N) is 1. The van der Waals surface area contributed by atoms with Gasteiger partial charge in [0.1, 0.15) is 17.8 Å². The maximum absolute atomic E-state index is 13.9. The van der Waals surface area contributed by atoms with E-state index in [4.69, 9.17) is 0 Å². The molecule has 0 bridgehead atoms.